The van der Waals surface area contributed by atoms with E-state index in [0.717, 1.165) is 63.9 Å². The van der Waals surface area contributed by atoms with Gasteiger partial charge in [-0.15, -0.1) is 0 Å². The van der Waals surface area contributed by atoms with Gasteiger partial charge in [-0.25, -0.2) is 0 Å². The quantitative estimate of drug-likeness (QED) is 0.448. The second-order valence-electron chi connectivity index (χ2n) is 9.24. The molecule has 1 unspecified atom stereocenters. The molecule has 0 bridgehead atoms. The van der Waals surface area contributed by atoms with E-state index in [0.29, 0.717) is 19.1 Å². The Balaban J connectivity index is 1.44. The lowest BCUT2D eigenvalue weighted by atomic mass is 10.00. The van der Waals surface area contributed by atoms with Crippen molar-refractivity contribution in [2.75, 3.05) is 45.8 Å². The van der Waals surface area contributed by atoms with E-state index in [1.54, 1.807) is 0 Å². The van der Waals surface area contributed by atoms with E-state index in [4.69, 9.17) is 0 Å². The zero-order chi connectivity index (χ0) is 21.3. The maximum Gasteiger partial charge on any atom is 0.191 e. The summed E-state index contributed by atoms with van der Waals surface area (Å²) < 4.78 is 0. The molecular weight excluding hydrogens is 374 g/mol. The Kier molecular flexibility index (Phi) is 8.97. The molecule has 3 rings (SSSR count). The van der Waals surface area contributed by atoms with Crippen molar-refractivity contribution >= 4 is 5.96 Å². The molecule has 0 aromatic heterocycles. The van der Waals surface area contributed by atoms with E-state index in [-0.39, 0.29) is 0 Å². The van der Waals surface area contributed by atoms with Gasteiger partial charge >= 0.3 is 0 Å². The van der Waals surface area contributed by atoms with Crippen molar-refractivity contribution in [3.8, 4) is 0 Å². The summed E-state index contributed by atoms with van der Waals surface area (Å²) in [5.74, 6) is 1.56. The van der Waals surface area contributed by atoms with Crippen LogP contribution in [0.4, 0.5) is 0 Å². The van der Waals surface area contributed by atoms with Crippen LogP contribution in [0.15, 0.2) is 29.3 Å². The van der Waals surface area contributed by atoms with E-state index >= 15 is 0 Å². The van der Waals surface area contributed by atoms with Gasteiger partial charge in [0.1, 0.15) is 0 Å². The minimum atomic E-state index is -0.446. The molecule has 3 N–H and O–H groups in total. The third-order valence-electron chi connectivity index (χ3n) is 6.03. The second kappa shape index (κ2) is 11.7. The zero-order valence-corrected chi connectivity index (χ0v) is 19.1. The summed E-state index contributed by atoms with van der Waals surface area (Å²) in [6.07, 6.45) is 2.91. The van der Waals surface area contributed by atoms with Crippen LogP contribution in [0.25, 0.3) is 0 Å². The van der Waals surface area contributed by atoms with E-state index < -0.39 is 6.10 Å². The Labute approximate surface area is 182 Å². The summed E-state index contributed by atoms with van der Waals surface area (Å²) in [4.78, 5) is 9.59. The fraction of sp³-hybridized carbons (Fsp3) is 0.708. The Bertz CT molecular complexity index is 669. The van der Waals surface area contributed by atoms with Crippen LogP contribution in [0.1, 0.15) is 44.7 Å². The van der Waals surface area contributed by atoms with Gasteiger partial charge in [0.2, 0.25) is 0 Å². The smallest absolute Gasteiger partial charge is 0.191 e. The van der Waals surface area contributed by atoms with Gasteiger partial charge in [-0.3, -0.25) is 9.89 Å². The highest BCUT2D eigenvalue weighted by atomic mass is 16.3. The SMILES string of the molecule is CCNC(=NCC(O)CN1CCc2ccccc2C1)NC1CCN(CC(C)C)CC1. The first-order valence-electron chi connectivity index (χ1n) is 11.8. The lowest BCUT2D eigenvalue weighted by Crippen LogP contribution is -2.49. The van der Waals surface area contributed by atoms with E-state index in [9.17, 15) is 5.11 Å². The zero-order valence-electron chi connectivity index (χ0n) is 19.1. The Morgan fingerprint density at radius 2 is 1.83 bits per heavy atom. The van der Waals surface area contributed by atoms with Crippen molar-refractivity contribution in [3.63, 3.8) is 0 Å². The van der Waals surface area contributed by atoms with Crippen LogP contribution in [-0.4, -0.2) is 78.8 Å². The number of β-amino-alcohol motifs (C(OH)–C–C–N with tert-alkyl or cyclic N) is 1. The van der Waals surface area contributed by atoms with Crippen LogP contribution in [0, 0.1) is 5.92 Å². The maximum absolute atomic E-state index is 10.6. The largest absolute Gasteiger partial charge is 0.390 e. The number of likely N-dealkylation sites (tertiary alicyclic amines) is 1. The maximum atomic E-state index is 10.6. The monoisotopic (exact) mass is 415 g/mol. The normalized spacial score (nSPS) is 20.2. The highest BCUT2D eigenvalue weighted by molar-refractivity contribution is 5.80. The van der Waals surface area contributed by atoms with Crippen molar-refractivity contribution in [2.24, 2.45) is 10.9 Å². The average molecular weight is 416 g/mol. The van der Waals surface area contributed by atoms with Crippen molar-refractivity contribution < 1.29 is 5.11 Å². The number of aliphatic hydroxyl groups excluding tert-OH is 1. The van der Waals surface area contributed by atoms with Gasteiger partial charge in [-0.05, 0) is 43.2 Å². The van der Waals surface area contributed by atoms with Gasteiger partial charge in [0.25, 0.3) is 0 Å². The van der Waals surface area contributed by atoms with Gasteiger partial charge in [0, 0.05) is 51.9 Å². The van der Waals surface area contributed by atoms with Crippen LogP contribution in [-0.2, 0) is 13.0 Å². The molecule has 1 atom stereocenters. The number of guanidine groups is 1. The van der Waals surface area contributed by atoms with E-state index in [1.165, 1.54) is 17.7 Å². The predicted molar refractivity (Wildman–Crippen MR) is 125 cm³/mol. The molecular formula is C24H41N5O. The minimum absolute atomic E-state index is 0.430. The first kappa shape index (κ1) is 23.0. The van der Waals surface area contributed by atoms with Crippen LogP contribution in [0.5, 0.6) is 0 Å². The summed E-state index contributed by atoms with van der Waals surface area (Å²) in [6.45, 7) is 14.0. The standard InChI is InChI=1S/C24H41N5O/c1-4-25-24(27-22-10-13-28(14-11-22)16-19(2)3)26-15-23(30)18-29-12-9-20-7-5-6-8-21(20)17-29/h5-8,19,22-23,30H,4,9-18H2,1-3H3,(H2,25,26,27). The molecule has 0 amide bonds. The van der Waals surface area contributed by atoms with Gasteiger partial charge < -0.3 is 20.6 Å². The van der Waals surface area contributed by atoms with E-state index in [2.05, 4.69) is 70.5 Å². The number of hydrogen-bond acceptors (Lipinski definition) is 4. The number of rotatable bonds is 8. The number of hydrogen-bond donors (Lipinski definition) is 3. The summed E-state index contributed by atoms with van der Waals surface area (Å²) in [5, 5.41) is 17.5. The average Bonchev–Trinajstić information content (AvgIpc) is 2.73. The highest BCUT2D eigenvalue weighted by Gasteiger charge is 2.21. The molecule has 1 aromatic carbocycles. The molecule has 168 valence electrons. The third kappa shape index (κ3) is 7.25. The number of piperidine rings is 1. The molecule has 0 saturated carbocycles. The molecule has 0 aliphatic carbocycles. The Morgan fingerprint density at radius 1 is 1.10 bits per heavy atom. The Hall–Kier alpha value is -1.63. The number of benzene rings is 1. The van der Waals surface area contributed by atoms with Gasteiger partial charge in [-0.1, -0.05) is 38.1 Å². The molecule has 1 fully saturated rings. The molecule has 0 spiro atoms. The topological polar surface area (TPSA) is 63.1 Å². The van der Waals surface area contributed by atoms with Gasteiger partial charge in [0.05, 0.1) is 12.6 Å². The molecule has 2 heterocycles. The molecule has 1 aromatic rings. The van der Waals surface area contributed by atoms with Crippen LogP contribution in [0.2, 0.25) is 0 Å². The number of nitrogens with one attached hydrogen (secondary N) is 2. The first-order chi connectivity index (χ1) is 14.5. The fourth-order valence-corrected chi connectivity index (χ4v) is 4.55. The lowest BCUT2D eigenvalue weighted by Gasteiger charge is -2.34. The van der Waals surface area contributed by atoms with Crippen molar-refractivity contribution in [1.82, 2.24) is 20.4 Å². The van der Waals surface area contributed by atoms with Crippen molar-refractivity contribution in [2.45, 2.75) is 58.7 Å². The summed E-state index contributed by atoms with van der Waals surface area (Å²) in [7, 11) is 0. The van der Waals surface area contributed by atoms with Crippen LogP contribution in [0.3, 0.4) is 0 Å². The van der Waals surface area contributed by atoms with Gasteiger partial charge in [-0.2, -0.15) is 0 Å². The third-order valence-corrected chi connectivity index (χ3v) is 6.03. The molecule has 2 aliphatic heterocycles. The Morgan fingerprint density at radius 3 is 2.53 bits per heavy atom. The lowest BCUT2D eigenvalue weighted by molar-refractivity contribution is 0.111. The second-order valence-corrected chi connectivity index (χ2v) is 9.24. The number of aliphatic imine (C=N–C) groups is 1. The molecule has 30 heavy (non-hydrogen) atoms. The summed E-state index contributed by atoms with van der Waals surface area (Å²) in [6, 6.07) is 9.09. The summed E-state index contributed by atoms with van der Waals surface area (Å²) in [5.41, 5.74) is 2.83. The molecule has 1 saturated heterocycles. The van der Waals surface area contributed by atoms with E-state index in [1.807, 2.05) is 0 Å². The molecule has 6 heteroatoms. The van der Waals surface area contributed by atoms with Crippen LogP contribution >= 0.6 is 0 Å². The number of nitrogens with zero attached hydrogens (tertiary/aromatic N) is 3. The van der Waals surface area contributed by atoms with Crippen LogP contribution < -0.4 is 10.6 Å². The van der Waals surface area contributed by atoms with Crippen molar-refractivity contribution in [3.05, 3.63) is 35.4 Å². The first-order valence-corrected chi connectivity index (χ1v) is 11.8. The van der Waals surface area contributed by atoms with Crippen molar-refractivity contribution in [1.29, 1.82) is 0 Å². The van der Waals surface area contributed by atoms with Gasteiger partial charge in [0.15, 0.2) is 5.96 Å². The number of aliphatic hydroxyl groups is 1. The molecule has 0 radical (unpaired) electrons. The minimum Gasteiger partial charge on any atom is -0.390 e. The fourth-order valence-electron chi connectivity index (χ4n) is 4.55. The number of fused-ring (bicyclic) bond motifs is 1. The predicted octanol–water partition coefficient (Wildman–Crippen LogP) is 2.08. The molecule has 2 aliphatic rings. The summed E-state index contributed by atoms with van der Waals surface area (Å²) >= 11 is 0. The molecule has 6 nitrogen and oxygen atoms in total. The highest BCUT2D eigenvalue weighted by Crippen LogP contribution is 2.18.